The smallest absolute Gasteiger partial charge is 0.243 e. The van der Waals surface area contributed by atoms with Crippen molar-refractivity contribution in [3.63, 3.8) is 0 Å². The number of hydrogen-bond acceptors (Lipinski definition) is 4. The van der Waals surface area contributed by atoms with E-state index in [0.29, 0.717) is 34.3 Å². The lowest BCUT2D eigenvalue weighted by Gasteiger charge is -2.32. The van der Waals surface area contributed by atoms with Crippen LogP contribution in [0.1, 0.15) is 54.9 Å². The molecule has 1 atom stereocenters. The van der Waals surface area contributed by atoms with Gasteiger partial charge in [-0.2, -0.15) is 0 Å². The number of hydrogen-bond donors (Lipinski definition) is 1. The second-order valence-electron chi connectivity index (χ2n) is 10.8. The average Bonchev–Trinajstić information content (AvgIpc) is 2.95. The standard InChI is InChI=1S/C33H41Cl2N3O4S/c1-5-6-19-36-33(40)31(22-26-12-8-7-9-13-26)37(23-27-28(34)14-10-15-29(27)35)32(39)16-11-20-38(43(4,41)42)30-21-24(2)17-18-25(30)3/h7-10,12-15,17-18,21,31H,5-6,11,16,19-20,22-23H2,1-4H3,(H,36,40). The summed E-state index contributed by atoms with van der Waals surface area (Å²) in [5, 5.41) is 3.79. The molecule has 232 valence electrons. The summed E-state index contributed by atoms with van der Waals surface area (Å²) in [5.74, 6) is -0.557. The summed E-state index contributed by atoms with van der Waals surface area (Å²) in [4.78, 5) is 29.2. The fraction of sp³-hybridized carbons (Fsp3) is 0.394. The van der Waals surface area contributed by atoms with Crippen LogP contribution in [0.2, 0.25) is 10.0 Å². The van der Waals surface area contributed by atoms with Crippen LogP contribution in [0.4, 0.5) is 5.69 Å². The number of amides is 2. The number of carbonyl (C=O) groups excluding carboxylic acids is 2. The first kappa shape index (κ1) is 34.4. The van der Waals surface area contributed by atoms with E-state index < -0.39 is 16.1 Å². The fourth-order valence-electron chi connectivity index (χ4n) is 4.88. The van der Waals surface area contributed by atoms with E-state index in [1.807, 2.05) is 69.3 Å². The fourth-order valence-corrected chi connectivity index (χ4v) is 6.42. The Balaban J connectivity index is 1.93. The predicted molar refractivity (Wildman–Crippen MR) is 176 cm³/mol. The van der Waals surface area contributed by atoms with Crippen molar-refractivity contribution in [2.75, 3.05) is 23.7 Å². The SMILES string of the molecule is CCCCNC(=O)C(Cc1ccccc1)N(Cc1c(Cl)cccc1Cl)C(=O)CCCN(c1cc(C)ccc1C)S(C)(=O)=O. The first-order chi connectivity index (χ1) is 20.4. The molecule has 3 rings (SSSR count). The summed E-state index contributed by atoms with van der Waals surface area (Å²) < 4.78 is 26.9. The van der Waals surface area contributed by atoms with Gasteiger partial charge in [0.2, 0.25) is 21.8 Å². The van der Waals surface area contributed by atoms with Crippen molar-refractivity contribution in [2.45, 2.75) is 65.5 Å². The van der Waals surface area contributed by atoms with E-state index in [0.717, 1.165) is 29.5 Å². The maximum atomic E-state index is 14.0. The van der Waals surface area contributed by atoms with Crippen molar-refractivity contribution in [1.82, 2.24) is 10.2 Å². The summed E-state index contributed by atoms with van der Waals surface area (Å²) >= 11 is 13.0. The summed E-state index contributed by atoms with van der Waals surface area (Å²) in [6, 6.07) is 19.5. The van der Waals surface area contributed by atoms with Gasteiger partial charge in [-0.05, 0) is 61.6 Å². The lowest BCUT2D eigenvalue weighted by Crippen LogP contribution is -2.50. The molecule has 0 spiro atoms. The molecule has 3 aromatic rings. The number of nitrogens with zero attached hydrogens (tertiary/aromatic N) is 2. The van der Waals surface area contributed by atoms with Crippen LogP contribution in [-0.4, -0.2) is 50.5 Å². The highest BCUT2D eigenvalue weighted by Crippen LogP contribution is 2.28. The van der Waals surface area contributed by atoms with Gasteiger partial charge in [0.25, 0.3) is 0 Å². The zero-order chi connectivity index (χ0) is 31.6. The van der Waals surface area contributed by atoms with E-state index in [-0.39, 0.29) is 37.7 Å². The van der Waals surface area contributed by atoms with Crippen molar-refractivity contribution in [3.05, 3.63) is 99.0 Å². The van der Waals surface area contributed by atoms with Gasteiger partial charge in [-0.3, -0.25) is 13.9 Å². The van der Waals surface area contributed by atoms with E-state index in [1.54, 1.807) is 18.2 Å². The zero-order valence-electron chi connectivity index (χ0n) is 25.3. The van der Waals surface area contributed by atoms with Crippen LogP contribution in [0.15, 0.2) is 66.7 Å². The number of nitrogens with one attached hydrogen (secondary N) is 1. The highest BCUT2D eigenvalue weighted by molar-refractivity contribution is 7.92. The van der Waals surface area contributed by atoms with Crippen LogP contribution >= 0.6 is 23.2 Å². The zero-order valence-corrected chi connectivity index (χ0v) is 27.6. The van der Waals surface area contributed by atoms with Crippen molar-refractivity contribution in [3.8, 4) is 0 Å². The number of benzene rings is 3. The molecule has 0 heterocycles. The molecule has 1 unspecified atom stereocenters. The van der Waals surface area contributed by atoms with Gasteiger partial charge in [0, 0.05) is 48.1 Å². The van der Waals surface area contributed by atoms with Gasteiger partial charge >= 0.3 is 0 Å². The Labute approximate surface area is 266 Å². The molecule has 3 aromatic carbocycles. The molecule has 7 nitrogen and oxygen atoms in total. The maximum Gasteiger partial charge on any atom is 0.243 e. The third kappa shape index (κ3) is 9.98. The van der Waals surface area contributed by atoms with Crippen LogP contribution in [0.5, 0.6) is 0 Å². The Hall–Kier alpha value is -3.07. The second kappa shape index (κ2) is 16.1. The predicted octanol–water partition coefficient (Wildman–Crippen LogP) is 6.71. The van der Waals surface area contributed by atoms with E-state index in [9.17, 15) is 18.0 Å². The van der Waals surface area contributed by atoms with Gasteiger partial charge < -0.3 is 10.2 Å². The topological polar surface area (TPSA) is 86.8 Å². The molecule has 2 amide bonds. The van der Waals surface area contributed by atoms with E-state index >= 15 is 0 Å². The second-order valence-corrected chi connectivity index (χ2v) is 13.5. The number of unbranched alkanes of at least 4 members (excludes halogenated alkanes) is 1. The number of halogens is 2. The normalized spacial score (nSPS) is 12.0. The van der Waals surface area contributed by atoms with Crippen LogP contribution in [-0.2, 0) is 32.6 Å². The number of aryl methyl sites for hydroxylation is 2. The highest BCUT2D eigenvalue weighted by Gasteiger charge is 2.31. The third-order valence-electron chi connectivity index (χ3n) is 7.28. The molecular weight excluding hydrogens is 605 g/mol. The Morgan fingerprint density at radius 1 is 0.930 bits per heavy atom. The molecule has 0 aliphatic carbocycles. The van der Waals surface area contributed by atoms with Crippen LogP contribution in [0, 0.1) is 13.8 Å². The molecule has 0 aromatic heterocycles. The number of carbonyl (C=O) groups is 2. The first-order valence-electron chi connectivity index (χ1n) is 14.5. The van der Waals surface area contributed by atoms with Gasteiger partial charge in [0.15, 0.2) is 0 Å². The molecule has 10 heteroatoms. The summed E-state index contributed by atoms with van der Waals surface area (Å²) in [7, 11) is -3.61. The van der Waals surface area contributed by atoms with Crippen molar-refractivity contribution < 1.29 is 18.0 Å². The molecule has 0 saturated carbocycles. The molecule has 0 radical (unpaired) electrons. The number of rotatable bonds is 15. The van der Waals surface area contributed by atoms with Crippen LogP contribution < -0.4 is 9.62 Å². The highest BCUT2D eigenvalue weighted by atomic mass is 35.5. The van der Waals surface area contributed by atoms with E-state index in [4.69, 9.17) is 23.2 Å². The first-order valence-corrected chi connectivity index (χ1v) is 17.1. The maximum absolute atomic E-state index is 14.0. The molecule has 0 bridgehead atoms. The quantitative estimate of drug-likeness (QED) is 0.186. The Morgan fingerprint density at radius 3 is 2.23 bits per heavy atom. The van der Waals surface area contributed by atoms with Crippen LogP contribution in [0.25, 0.3) is 0 Å². The minimum Gasteiger partial charge on any atom is -0.354 e. The van der Waals surface area contributed by atoms with Gasteiger partial charge in [-0.25, -0.2) is 8.42 Å². The van der Waals surface area contributed by atoms with E-state index in [1.165, 1.54) is 15.5 Å². The Kier molecular flexibility index (Phi) is 12.9. The lowest BCUT2D eigenvalue weighted by molar-refractivity contribution is -0.141. The molecule has 0 aliphatic rings. The summed E-state index contributed by atoms with van der Waals surface area (Å²) in [6.45, 7) is 6.45. The van der Waals surface area contributed by atoms with E-state index in [2.05, 4.69) is 5.32 Å². The minimum absolute atomic E-state index is 0.0203. The number of sulfonamides is 1. The minimum atomic E-state index is -3.61. The van der Waals surface area contributed by atoms with Crippen molar-refractivity contribution in [2.24, 2.45) is 0 Å². The Morgan fingerprint density at radius 2 is 1.60 bits per heavy atom. The molecule has 0 fully saturated rings. The largest absolute Gasteiger partial charge is 0.354 e. The molecule has 43 heavy (non-hydrogen) atoms. The average molecular weight is 647 g/mol. The van der Waals surface area contributed by atoms with Crippen LogP contribution in [0.3, 0.4) is 0 Å². The van der Waals surface area contributed by atoms with Crippen molar-refractivity contribution >= 4 is 50.7 Å². The van der Waals surface area contributed by atoms with Crippen molar-refractivity contribution in [1.29, 1.82) is 0 Å². The third-order valence-corrected chi connectivity index (χ3v) is 9.16. The molecule has 1 N–H and O–H groups in total. The molecule has 0 aliphatic heterocycles. The van der Waals surface area contributed by atoms with Gasteiger partial charge in [-0.1, -0.05) is 85.1 Å². The van der Waals surface area contributed by atoms with Gasteiger partial charge in [0.05, 0.1) is 11.9 Å². The number of anilines is 1. The summed E-state index contributed by atoms with van der Waals surface area (Å²) in [6.07, 6.45) is 3.46. The molecular formula is C33H41Cl2N3O4S. The molecule has 0 saturated heterocycles. The lowest BCUT2D eigenvalue weighted by atomic mass is 10.0. The Bertz CT molecular complexity index is 1480. The van der Waals surface area contributed by atoms with Gasteiger partial charge in [0.1, 0.15) is 6.04 Å². The summed E-state index contributed by atoms with van der Waals surface area (Å²) in [5.41, 5.74) is 3.80. The van der Waals surface area contributed by atoms with Gasteiger partial charge in [-0.15, -0.1) is 0 Å². The monoisotopic (exact) mass is 645 g/mol.